The van der Waals surface area contributed by atoms with Crippen molar-refractivity contribution in [3.05, 3.63) is 54.6 Å². The SMILES string of the molecule is Cc1sc(C(O)c2ccc(Br)cc2)cc1Br. The Labute approximate surface area is 115 Å². The molecule has 1 N–H and O–H groups in total. The van der Waals surface area contributed by atoms with Gasteiger partial charge in [0, 0.05) is 18.7 Å². The zero-order valence-electron chi connectivity index (χ0n) is 8.58. The Balaban J connectivity index is 2.31. The number of benzene rings is 1. The zero-order chi connectivity index (χ0) is 11.7. The Hall–Kier alpha value is -0.160. The highest BCUT2D eigenvalue weighted by molar-refractivity contribution is 9.10. The number of rotatable bonds is 2. The topological polar surface area (TPSA) is 20.2 Å². The average molecular weight is 362 g/mol. The second-order valence-corrected chi connectivity index (χ2v) is 6.56. The van der Waals surface area contributed by atoms with E-state index < -0.39 is 6.10 Å². The molecule has 0 amide bonds. The van der Waals surface area contributed by atoms with Crippen LogP contribution in [0.4, 0.5) is 0 Å². The molecule has 0 bridgehead atoms. The van der Waals surface area contributed by atoms with E-state index in [0.29, 0.717) is 0 Å². The standard InChI is InChI=1S/C12H10Br2OS/c1-7-10(14)6-11(16-7)12(15)8-2-4-9(13)5-3-8/h2-6,12,15H,1H3. The molecular weight excluding hydrogens is 352 g/mol. The lowest BCUT2D eigenvalue weighted by Crippen LogP contribution is -1.96. The van der Waals surface area contributed by atoms with E-state index in [0.717, 1.165) is 19.4 Å². The first-order chi connectivity index (χ1) is 7.58. The number of aryl methyl sites for hydroxylation is 1. The van der Waals surface area contributed by atoms with Crippen molar-refractivity contribution in [2.24, 2.45) is 0 Å². The second-order valence-electron chi connectivity index (χ2n) is 3.51. The molecule has 1 unspecified atom stereocenters. The molecule has 1 nitrogen and oxygen atoms in total. The summed E-state index contributed by atoms with van der Waals surface area (Å²) in [6.07, 6.45) is -0.539. The van der Waals surface area contributed by atoms with E-state index in [1.165, 1.54) is 4.88 Å². The van der Waals surface area contributed by atoms with Crippen molar-refractivity contribution in [2.45, 2.75) is 13.0 Å². The van der Waals surface area contributed by atoms with Crippen molar-refractivity contribution in [2.75, 3.05) is 0 Å². The fraction of sp³-hybridized carbons (Fsp3) is 0.167. The van der Waals surface area contributed by atoms with Crippen molar-refractivity contribution in [3.8, 4) is 0 Å². The molecule has 1 aromatic heterocycles. The van der Waals surface area contributed by atoms with Gasteiger partial charge in [0.1, 0.15) is 6.10 Å². The smallest absolute Gasteiger partial charge is 0.113 e. The maximum Gasteiger partial charge on any atom is 0.113 e. The molecule has 84 valence electrons. The van der Waals surface area contributed by atoms with Gasteiger partial charge in [-0.25, -0.2) is 0 Å². The summed E-state index contributed by atoms with van der Waals surface area (Å²) in [4.78, 5) is 2.15. The molecular formula is C12H10Br2OS. The van der Waals surface area contributed by atoms with E-state index >= 15 is 0 Å². The number of halogens is 2. The highest BCUT2D eigenvalue weighted by atomic mass is 79.9. The molecule has 1 atom stereocenters. The van der Waals surface area contributed by atoms with Crippen LogP contribution >= 0.6 is 43.2 Å². The van der Waals surface area contributed by atoms with Crippen molar-refractivity contribution >= 4 is 43.2 Å². The van der Waals surface area contributed by atoms with Crippen molar-refractivity contribution in [1.29, 1.82) is 0 Å². The summed E-state index contributed by atoms with van der Waals surface area (Å²) in [6, 6.07) is 9.71. The Bertz CT molecular complexity index is 471. The average Bonchev–Trinajstić information content (AvgIpc) is 2.59. The van der Waals surface area contributed by atoms with E-state index in [1.807, 2.05) is 37.3 Å². The van der Waals surface area contributed by atoms with Crippen molar-refractivity contribution in [3.63, 3.8) is 0 Å². The van der Waals surface area contributed by atoms with Crippen LogP contribution in [-0.4, -0.2) is 5.11 Å². The third kappa shape index (κ3) is 2.56. The minimum atomic E-state index is -0.539. The lowest BCUT2D eigenvalue weighted by Gasteiger charge is -2.08. The molecule has 4 heteroatoms. The molecule has 0 fully saturated rings. The summed E-state index contributed by atoms with van der Waals surface area (Å²) in [5.74, 6) is 0. The maximum absolute atomic E-state index is 10.2. The zero-order valence-corrected chi connectivity index (χ0v) is 12.6. The predicted molar refractivity (Wildman–Crippen MR) is 75.0 cm³/mol. The molecule has 0 aliphatic heterocycles. The van der Waals surface area contributed by atoms with Crippen LogP contribution in [0.15, 0.2) is 39.3 Å². The van der Waals surface area contributed by atoms with Gasteiger partial charge in [0.2, 0.25) is 0 Å². The third-order valence-corrected chi connectivity index (χ3v) is 5.05. The van der Waals surface area contributed by atoms with Crippen molar-refractivity contribution in [1.82, 2.24) is 0 Å². The Morgan fingerprint density at radius 1 is 1.19 bits per heavy atom. The molecule has 0 spiro atoms. The molecule has 2 rings (SSSR count). The maximum atomic E-state index is 10.2. The van der Waals surface area contributed by atoms with Crippen LogP contribution in [-0.2, 0) is 0 Å². The second kappa shape index (κ2) is 5.00. The monoisotopic (exact) mass is 360 g/mol. The lowest BCUT2D eigenvalue weighted by atomic mass is 10.1. The van der Waals surface area contributed by atoms with Gasteiger partial charge in [-0.15, -0.1) is 11.3 Å². The summed E-state index contributed by atoms with van der Waals surface area (Å²) in [7, 11) is 0. The highest BCUT2D eigenvalue weighted by Gasteiger charge is 2.14. The Morgan fingerprint density at radius 2 is 1.81 bits per heavy atom. The van der Waals surface area contributed by atoms with E-state index in [1.54, 1.807) is 11.3 Å². The Morgan fingerprint density at radius 3 is 2.31 bits per heavy atom. The van der Waals surface area contributed by atoms with Crippen LogP contribution in [0.25, 0.3) is 0 Å². The molecule has 16 heavy (non-hydrogen) atoms. The quantitative estimate of drug-likeness (QED) is 0.824. The van der Waals surface area contributed by atoms with Crippen LogP contribution in [0.5, 0.6) is 0 Å². The van der Waals surface area contributed by atoms with E-state index in [2.05, 4.69) is 31.9 Å². The largest absolute Gasteiger partial charge is 0.383 e. The number of aliphatic hydroxyl groups excluding tert-OH is 1. The Kier molecular flexibility index (Phi) is 3.85. The number of hydrogen-bond donors (Lipinski definition) is 1. The minimum Gasteiger partial charge on any atom is -0.383 e. The molecule has 2 aromatic rings. The summed E-state index contributed by atoms with van der Waals surface area (Å²) in [5.41, 5.74) is 0.914. The number of thiophene rings is 1. The fourth-order valence-electron chi connectivity index (χ4n) is 1.43. The number of hydrogen-bond acceptors (Lipinski definition) is 2. The minimum absolute atomic E-state index is 0.539. The predicted octanol–water partition coefficient (Wildman–Crippen LogP) is 4.66. The molecule has 0 aliphatic rings. The first-order valence-electron chi connectivity index (χ1n) is 4.77. The van der Waals surface area contributed by atoms with Gasteiger partial charge in [-0.3, -0.25) is 0 Å². The van der Waals surface area contributed by atoms with Gasteiger partial charge in [0.15, 0.2) is 0 Å². The van der Waals surface area contributed by atoms with E-state index in [4.69, 9.17) is 0 Å². The van der Waals surface area contributed by atoms with Crippen molar-refractivity contribution < 1.29 is 5.11 Å². The first-order valence-corrected chi connectivity index (χ1v) is 7.17. The molecule has 0 saturated heterocycles. The number of aliphatic hydroxyl groups is 1. The van der Waals surface area contributed by atoms with Crippen LogP contribution in [0.3, 0.4) is 0 Å². The van der Waals surface area contributed by atoms with Crippen LogP contribution in [0.2, 0.25) is 0 Å². The van der Waals surface area contributed by atoms with Gasteiger partial charge < -0.3 is 5.11 Å². The molecule has 0 aliphatic carbocycles. The normalized spacial score (nSPS) is 12.8. The van der Waals surface area contributed by atoms with Gasteiger partial charge >= 0.3 is 0 Å². The summed E-state index contributed by atoms with van der Waals surface area (Å²) in [5, 5.41) is 10.2. The van der Waals surface area contributed by atoms with Crippen LogP contribution in [0.1, 0.15) is 21.4 Å². The van der Waals surface area contributed by atoms with E-state index in [-0.39, 0.29) is 0 Å². The van der Waals surface area contributed by atoms with Gasteiger partial charge in [0.05, 0.1) is 0 Å². The van der Waals surface area contributed by atoms with Gasteiger partial charge in [0.25, 0.3) is 0 Å². The molecule has 1 aromatic carbocycles. The third-order valence-electron chi connectivity index (χ3n) is 2.33. The van der Waals surface area contributed by atoms with Crippen LogP contribution in [0, 0.1) is 6.92 Å². The summed E-state index contributed by atoms with van der Waals surface area (Å²) >= 11 is 8.45. The van der Waals surface area contributed by atoms with Gasteiger partial charge in [-0.1, -0.05) is 28.1 Å². The van der Waals surface area contributed by atoms with Gasteiger partial charge in [-0.2, -0.15) is 0 Å². The van der Waals surface area contributed by atoms with Gasteiger partial charge in [-0.05, 0) is 46.6 Å². The molecule has 0 radical (unpaired) electrons. The fourth-order valence-corrected chi connectivity index (χ4v) is 3.27. The first kappa shape index (κ1) is 12.3. The van der Waals surface area contributed by atoms with E-state index in [9.17, 15) is 5.11 Å². The molecule has 0 saturated carbocycles. The van der Waals surface area contributed by atoms with Crippen LogP contribution < -0.4 is 0 Å². The summed E-state index contributed by atoms with van der Waals surface area (Å²) in [6.45, 7) is 2.03. The summed E-state index contributed by atoms with van der Waals surface area (Å²) < 4.78 is 2.08. The highest BCUT2D eigenvalue weighted by Crippen LogP contribution is 2.33. The molecule has 1 heterocycles. The lowest BCUT2D eigenvalue weighted by molar-refractivity contribution is 0.224.